The lowest BCUT2D eigenvalue weighted by atomic mass is 9.82. The zero-order chi connectivity index (χ0) is 25.1. The average Bonchev–Trinajstić information content (AvgIpc) is 3.36. The first-order valence-corrected chi connectivity index (χ1v) is 12.8. The standard InChI is InChI=1S/C28H33N5O3/c29-26(34)25(19-8-2-1-3-9-19)31-27(35)21-11-5-7-13-24(21)32-14-16-33(17-15-32)28(36)23-18-20-10-4-6-12-22(20)30-23/h1-4,6,8-10,12,18,21,24-25,30H,5,7,11,13-17H2,(H2,29,34)(H,31,35)/t21-,24-,25+/m1/s1. The molecule has 2 aromatic carbocycles. The van der Waals surface area contributed by atoms with Crippen LogP contribution in [0, 0.1) is 5.92 Å². The van der Waals surface area contributed by atoms with Gasteiger partial charge in [-0.1, -0.05) is 61.4 Å². The number of carbonyl (C=O) groups excluding carboxylic acids is 3. The zero-order valence-corrected chi connectivity index (χ0v) is 20.4. The number of fused-ring (bicyclic) bond motifs is 1. The van der Waals surface area contributed by atoms with Crippen LogP contribution < -0.4 is 11.1 Å². The van der Waals surface area contributed by atoms with E-state index >= 15 is 0 Å². The van der Waals surface area contributed by atoms with Gasteiger partial charge in [0.1, 0.15) is 11.7 Å². The van der Waals surface area contributed by atoms with Crippen molar-refractivity contribution in [3.8, 4) is 0 Å². The van der Waals surface area contributed by atoms with Gasteiger partial charge < -0.3 is 20.9 Å². The second-order valence-corrected chi connectivity index (χ2v) is 9.81. The Kier molecular flexibility index (Phi) is 7.04. The SMILES string of the molecule is NC(=O)[C@@H](NC(=O)[C@@H]1CCCC[C@H]1N1CCN(C(=O)c2cc3ccccc3[nH]2)CC1)c1ccccc1. The zero-order valence-electron chi connectivity index (χ0n) is 20.4. The van der Waals surface area contributed by atoms with E-state index in [-0.39, 0.29) is 23.8 Å². The Labute approximate surface area is 210 Å². The third-order valence-corrected chi connectivity index (χ3v) is 7.60. The van der Waals surface area contributed by atoms with Crippen LogP contribution in [-0.4, -0.2) is 64.7 Å². The summed E-state index contributed by atoms with van der Waals surface area (Å²) in [6.45, 7) is 2.68. The van der Waals surface area contributed by atoms with Crippen LogP contribution in [-0.2, 0) is 9.59 Å². The van der Waals surface area contributed by atoms with Crippen molar-refractivity contribution in [1.29, 1.82) is 0 Å². The molecule has 2 aliphatic rings. The average molecular weight is 488 g/mol. The highest BCUT2D eigenvalue weighted by atomic mass is 16.2. The molecule has 0 bridgehead atoms. The van der Waals surface area contributed by atoms with Crippen molar-refractivity contribution in [2.24, 2.45) is 11.7 Å². The summed E-state index contributed by atoms with van der Waals surface area (Å²) in [4.78, 5) is 46.1. The number of nitrogens with two attached hydrogens (primary N) is 1. The lowest BCUT2D eigenvalue weighted by Crippen LogP contribution is -2.56. The molecule has 1 aromatic heterocycles. The van der Waals surface area contributed by atoms with Gasteiger partial charge in [-0.2, -0.15) is 0 Å². The molecular weight excluding hydrogens is 454 g/mol. The van der Waals surface area contributed by atoms with Crippen LogP contribution in [0.5, 0.6) is 0 Å². The minimum Gasteiger partial charge on any atom is -0.368 e. The molecule has 1 saturated carbocycles. The van der Waals surface area contributed by atoms with Crippen LogP contribution in [0.3, 0.4) is 0 Å². The molecule has 1 saturated heterocycles. The first kappa shape index (κ1) is 24.1. The van der Waals surface area contributed by atoms with E-state index in [4.69, 9.17) is 5.73 Å². The minimum atomic E-state index is -0.841. The van der Waals surface area contributed by atoms with Crippen LogP contribution >= 0.6 is 0 Å². The molecule has 5 rings (SSSR count). The van der Waals surface area contributed by atoms with Gasteiger partial charge in [-0.15, -0.1) is 0 Å². The van der Waals surface area contributed by atoms with E-state index in [1.165, 1.54) is 0 Å². The van der Waals surface area contributed by atoms with Crippen LogP contribution in [0.4, 0.5) is 0 Å². The number of aromatic amines is 1. The Hall–Kier alpha value is -3.65. The fraction of sp³-hybridized carbons (Fsp3) is 0.393. The summed E-state index contributed by atoms with van der Waals surface area (Å²) in [5.41, 5.74) is 7.89. The molecule has 1 aliphatic carbocycles. The lowest BCUT2D eigenvalue weighted by molar-refractivity contribution is -0.133. The van der Waals surface area contributed by atoms with Gasteiger partial charge in [-0.25, -0.2) is 0 Å². The van der Waals surface area contributed by atoms with Crippen molar-refractivity contribution in [3.63, 3.8) is 0 Å². The molecule has 1 aliphatic heterocycles. The molecule has 188 valence electrons. The summed E-state index contributed by atoms with van der Waals surface area (Å²) in [5.74, 6) is -0.883. The second-order valence-electron chi connectivity index (χ2n) is 9.81. The summed E-state index contributed by atoms with van der Waals surface area (Å²) in [6.07, 6.45) is 3.77. The van der Waals surface area contributed by atoms with Crippen molar-refractivity contribution < 1.29 is 14.4 Å². The fourth-order valence-corrected chi connectivity index (χ4v) is 5.68. The molecule has 3 atom stereocenters. The largest absolute Gasteiger partial charge is 0.368 e. The number of piperazine rings is 1. The Bertz CT molecular complexity index is 1200. The lowest BCUT2D eigenvalue weighted by Gasteiger charge is -2.43. The Morgan fingerprint density at radius 3 is 2.33 bits per heavy atom. The summed E-state index contributed by atoms with van der Waals surface area (Å²) in [7, 11) is 0. The highest BCUT2D eigenvalue weighted by molar-refractivity contribution is 5.98. The van der Waals surface area contributed by atoms with Gasteiger partial charge in [0.15, 0.2) is 0 Å². The van der Waals surface area contributed by atoms with E-state index in [0.717, 1.165) is 49.7 Å². The second kappa shape index (κ2) is 10.5. The monoisotopic (exact) mass is 487 g/mol. The maximum absolute atomic E-state index is 13.4. The Morgan fingerprint density at radius 2 is 1.61 bits per heavy atom. The molecule has 8 nitrogen and oxygen atoms in total. The van der Waals surface area contributed by atoms with Gasteiger partial charge in [0, 0.05) is 43.1 Å². The summed E-state index contributed by atoms with van der Waals surface area (Å²) >= 11 is 0. The van der Waals surface area contributed by atoms with E-state index in [1.807, 2.05) is 53.4 Å². The number of hydrogen-bond acceptors (Lipinski definition) is 4. The number of amides is 3. The predicted octanol–water partition coefficient (Wildman–Crippen LogP) is 2.83. The van der Waals surface area contributed by atoms with E-state index in [2.05, 4.69) is 15.2 Å². The van der Waals surface area contributed by atoms with Gasteiger partial charge in [-0.3, -0.25) is 19.3 Å². The molecule has 4 N–H and O–H groups in total. The number of primary amides is 1. The quantitative estimate of drug-likeness (QED) is 0.496. The summed E-state index contributed by atoms with van der Waals surface area (Å²) in [5, 5.41) is 3.95. The van der Waals surface area contributed by atoms with E-state index < -0.39 is 11.9 Å². The molecule has 36 heavy (non-hydrogen) atoms. The molecule has 0 unspecified atom stereocenters. The summed E-state index contributed by atoms with van der Waals surface area (Å²) in [6, 6.07) is 18.2. The topological polar surface area (TPSA) is 112 Å². The first-order chi connectivity index (χ1) is 17.5. The molecule has 2 heterocycles. The van der Waals surface area contributed by atoms with Gasteiger partial charge in [0.25, 0.3) is 5.91 Å². The molecule has 3 amide bonds. The summed E-state index contributed by atoms with van der Waals surface area (Å²) < 4.78 is 0. The molecular formula is C28H33N5O3. The number of carbonyl (C=O) groups is 3. The number of nitrogens with zero attached hydrogens (tertiary/aromatic N) is 2. The van der Waals surface area contributed by atoms with E-state index in [9.17, 15) is 14.4 Å². The van der Waals surface area contributed by atoms with Gasteiger partial charge >= 0.3 is 0 Å². The number of nitrogens with one attached hydrogen (secondary N) is 2. The van der Waals surface area contributed by atoms with Crippen molar-refractivity contribution in [2.75, 3.05) is 26.2 Å². The number of aromatic nitrogens is 1. The number of rotatable bonds is 6. The van der Waals surface area contributed by atoms with E-state index in [1.54, 1.807) is 12.1 Å². The van der Waals surface area contributed by atoms with Crippen LogP contribution in [0.1, 0.15) is 47.8 Å². The van der Waals surface area contributed by atoms with Crippen LogP contribution in [0.25, 0.3) is 10.9 Å². The van der Waals surface area contributed by atoms with Gasteiger partial charge in [-0.05, 0) is 30.5 Å². The molecule has 3 aromatic rings. The number of H-pyrrole nitrogens is 1. The fourth-order valence-electron chi connectivity index (χ4n) is 5.68. The number of hydrogen-bond donors (Lipinski definition) is 3. The minimum absolute atomic E-state index is 0.0101. The van der Waals surface area contributed by atoms with Gasteiger partial charge in [0.2, 0.25) is 11.8 Å². The molecule has 8 heteroatoms. The van der Waals surface area contributed by atoms with Crippen LogP contribution in [0.15, 0.2) is 60.7 Å². The van der Waals surface area contributed by atoms with Crippen molar-refractivity contribution in [1.82, 2.24) is 20.1 Å². The third kappa shape index (κ3) is 4.99. The highest BCUT2D eigenvalue weighted by Crippen LogP contribution is 2.30. The molecule has 2 fully saturated rings. The van der Waals surface area contributed by atoms with Crippen LogP contribution in [0.2, 0.25) is 0 Å². The van der Waals surface area contributed by atoms with Gasteiger partial charge in [0.05, 0.1) is 5.92 Å². The molecule has 0 spiro atoms. The van der Waals surface area contributed by atoms with Crippen molar-refractivity contribution >= 4 is 28.6 Å². The third-order valence-electron chi connectivity index (χ3n) is 7.60. The first-order valence-electron chi connectivity index (χ1n) is 12.8. The Balaban J connectivity index is 1.23. The van der Waals surface area contributed by atoms with E-state index in [0.29, 0.717) is 24.3 Å². The predicted molar refractivity (Wildman–Crippen MR) is 138 cm³/mol. The number of para-hydroxylation sites is 1. The molecule has 0 radical (unpaired) electrons. The number of benzene rings is 2. The van der Waals surface area contributed by atoms with Crippen molar-refractivity contribution in [2.45, 2.75) is 37.8 Å². The smallest absolute Gasteiger partial charge is 0.270 e. The van der Waals surface area contributed by atoms with Crippen molar-refractivity contribution in [3.05, 3.63) is 71.9 Å². The maximum atomic E-state index is 13.4. The normalized spacial score (nSPS) is 21.7. The Morgan fingerprint density at radius 1 is 0.917 bits per heavy atom. The highest BCUT2D eigenvalue weighted by Gasteiger charge is 2.38. The maximum Gasteiger partial charge on any atom is 0.270 e.